The van der Waals surface area contributed by atoms with Crippen molar-refractivity contribution in [1.82, 2.24) is 4.57 Å². The van der Waals surface area contributed by atoms with Crippen LogP contribution in [-0.2, 0) is 5.41 Å². The van der Waals surface area contributed by atoms with Crippen molar-refractivity contribution in [2.24, 2.45) is 0 Å². The zero-order valence-corrected chi connectivity index (χ0v) is 33.4. The quantitative estimate of drug-likeness (QED) is 0.168. The largest absolute Gasteiger partial charge is 0.455 e. The van der Waals surface area contributed by atoms with E-state index >= 15 is 0 Å². The topological polar surface area (TPSA) is 21.3 Å². The average Bonchev–Trinajstić information content (AvgIpc) is 3.93. The maximum Gasteiger partial charge on any atom is 0.145 e. The van der Waals surface area contributed by atoms with Gasteiger partial charge < -0.3 is 13.9 Å². The number of aromatic nitrogens is 1. The predicted octanol–water partition coefficient (Wildman–Crippen LogP) is 15.8. The summed E-state index contributed by atoms with van der Waals surface area (Å²) >= 11 is 0. The average molecular weight is 769 g/mol. The summed E-state index contributed by atoms with van der Waals surface area (Å²) in [7, 11) is 0. The molecule has 2 aromatic heterocycles. The van der Waals surface area contributed by atoms with E-state index in [2.05, 4.69) is 230 Å². The van der Waals surface area contributed by atoms with Gasteiger partial charge in [0.15, 0.2) is 0 Å². The molecule has 0 bridgehead atoms. The molecule has 2 heterocycles. The predicted molar refractivity (Wildman–Crippen MR) is 251 cm³/mol. The molecule has 11 aromatic rings. The first-order valence-corrected chi connectivity index (χ1v) is 20.8. The summed E-state index contributed by atoms with van der Waals surface area (Å²) in [4.78, 5) is 2.47. The zero-order chi connectivity index (χ0) is 40.0. The Morgan fingerprint density at radius 2 is 1.12 bits per heavy atom. The van der Waals surface area contributed by atoms with Gasteiger partial charge in [-0.2, -0.15) is 0 Å². The summed E-state index contributed by atoms with van der Waals surface area (Å²) in [5.41, 5.74) is 18.3. The van der Waals surface area contributed by atoms with Crippen LogP contribution in [-0.4, -0.2) is 4.57 Å². The third kappa shape index (κ3) is 5.09. The van der Waals surface area contributed by atoms with E-state index in [-0.39, 0.29) is 5.41 Å². The van der Waals surface area contributed by atoms with Gasteiger partial charge in [0.2, 0.25) is 0 Å². The van der Waals surface area contributed by atoms with E-state index in [9.17, 15) is 0 Å². The number of benzene rings is 9. The molecule has 284 valence electrons. The molecule has 60 heavy (non-hydrogen) atoms. The Morgan fingerprint density at radius 1 is 0.450 bits per heavy atom. The Bertz CT molecular complexity index is 3450. The van der Waals surface area contributed by atoms with Crippen LogP contribution in [0.15, 0.2) is 211 Å². The summed E-state index contributed by atoms with van der Waals surface area (Å²) in [6.45, 7) is 4.70. The monoisotopic (exact) mass is 768 g/mol. The van der Waals surface area contributed by atoms with Crippen LogP contribution in [0.2, 0.25) is 0 Å². The number of rotatable bonds is 6. The highest BCUT2D eigenvalue weighted by Gasteiger charge is 2.38. The summed E-state index contributed by atoms with van der Waals surface area (Å²) < 4.78 is 9.20. The van der Waals surface area contributed by atoms with E-state index in [0.717, 1.165) is 55.8 Å². The highest BCUT2D eigenvalue weighted by Crippen LogP contribution is 2.55. The normalized spacial score (nSPS) is 13.0. The molecule has 0 aliphatic heterocycles. The molecule has 0 saturated carbocycles. The van der Waals surface area contributed by atoms with Crippen molar-refractivity contribution in [2.45, 2.75) is 19.3 Å². The van der Waals surface area contributed by atoms with Gasteiger partial charge in [-0.15, -0.1) is 0 Å². The second kappa shape index (κ2) is 13.2. The van der Waals surface area contributed by atoms with Crippen LogP contribution in [0.1, 0.15) is 25.0 Å². The van der Waals surface area contributed by atoms with Crippen molar-refractivity contribution in [2.75, 3.05) is 4.90 Å². The van der Waals surface area contributed by atoms with Crippen LogP contribution < -0.4 is 4.90 Å². The van der Waals surface area contributed by atoms with Crippen LogP contribution >= 0.6 is 0 Å². The van der Waals surface area contributed by atoms with Crippen molar-refractivity contribution in [3.05, 3.63) is 217 Å². The van der Waals surface area contributed by atoms with Crippen LogP contribution in [0.4, 0.5) is 17.1 Å². The molecule has 0 spiro atoms. The van der Waals surface area contributed by atoms with E-state index in [1.54, 1.807) is 0 Å². The maximum absolute atomic E-state index is 6.83. The van der Waals surface area contributed by atoms with Crippen molar-refractivity contribution < 1.29 is 4.42 Å². The zero-order valence-electron chi connectivity index (χ0n) is 33.4. The van der Waals surface area contributed by atoms with Crippen molar-refractivity contribution in [3.8, 4) is 39.1 Å². The molecule has 0 saturated heterocycles. The van der Waals surface area contributed by atoms with E-state index < -0.39 is 0 Å². The minimum Gasteiger partial charge on any atom is -0.455 e. The standard InChI is InChI=1S/C57H40N2O/c1-57(2)47-23-12-9-21-44(47)54-48(57)24-15-26-51(54)59(52-35-33-42(38-16-5-3-6-17-38)56-55(52)45-22-11-14-27-53(45)60-56)41-31-28-37(29-32-41)39-30-34-50-46(36-39)43-20-10-13-25-49(43)58(50)40-18-7-4-8-19-40/h3-36H,1-2H3. The van der Waals surface area contributed by atoms with Crippen LogP contribution in [0, 0.1) is 0 Å². The van der Waals surface area contributed by atoms with E-state index in [0.29, 0.717) is 0 Å². The Kier molecular flexibility index (Phi) is 7.58. The Labute approximate surface area is 349 Å². The fourth-order valence-corrected chi connectivity index (χ4v) is 9.98. The molecule has 1 aliphatic rings. The van der Waals surface area contributed by atoms with Crippen molar-refractivity contribution >= 4 is 60.8 Å². The first-order valence-electron chi connectivity index (χ1n) is 20.8. The molecule has 3 nitrogen and oxygen atoms in total. The van der Waals surface area contributed by atoms with Crippen molar-refractivity contribution in [3.63, 3.8) is 0 Å². The van der Waals surface area contributed by atoms with Crippen LogP contribution in [0.25, 0.3) is 82.8 Å². The van der Waals surface area contributed by atoms with Gasteiger partial charge in [0.25, 0.3) is 0 Å². The molecule has 3 heteroatoms. The van der Waals surface area contributed by atoms with Gasteiger partial charge in [-0.05, 0) is 100 Å². The summed E-state index contributed by atoms with van der Waals surface area (Å²) in [5.74, 6) is 0. The van der Waals surface area contributed by atoms with Gasteiger partial charge in [0, 0.05) is 44.1 Å². The number of fused-ring (bicyclic) bond motifs is 9. The van der Waals surface area contributed by atoms with Gasteiger partial charge >= 0.3 is 0 Å². The van der Waals surface area contributed by atoms with Gasteiger partial charge in [-0.25, -0.2) is 0 Å². The molecule has 12 rings (SSSR count). The number of para-hydroxylation sites is 3. The Morgan fingerprint density at radius 3 is 1.95 bits per heavy atom. The third-order valence-electron chi connectivity index (χ3n) is 12.8. The molecule has 9 aromatic carbocycles. The van der Waals surface area contributed by atoms with Gasteiger partial charge in [0.05, 0.1) is 27.8 Å². The van der Waals surface area contributed by atoms with E-state index in [4.69, 9.17) is 4.42 Å². The molecule has 0 fully saturated rings. The van der Waals surface area contributed by atoms with Crippen LogP contribution in [0.3, 0.4) is 0 Å². The van der Waals surface area contributed by atoms with Crippen molar-refractivity contribution in [1.29, 1.82) is 0 Å². The lowest BCUT2D eigenvalue weighted by Gasteiger charge is -2.30. The lowest BCUT2D eigenvalue weighted by atomic mass is 9.82. The number of nitrogens with zero attached hydrogens (tertiary/aromatic N) is 2. The fourth-order valence-electron chi connectivity index (χ4n) is 9.98. The fraction of sp³-hybridized carbons (Fsp3) is 0.0526. The highest BCUT2D eigenvalue weighted by atomic mass is 16.3. The van der Waals surface area contributed by atoms with Gasteiger partial charge in [-0.1, -0.05) is 153 Å². The molecule has 0 atom stereocenters. The number of hydrogen-bond donors (Lipinski definition) is 0. The number of hydrogen-bond acceptors (Lipinski definition) is 2. The number of furan rings is 1. The second-order valence-electron chi connectivity index (χ2n) is 16.5. The first kappa shape index (κ1) is 34.4. The molecule has 1 aliphatic carbocycles. The minimum atomic E-state index is -0.144. The molecule has 0 N–H and O–H groups in total. The smallest absolute Gasteiger partial charge is 0.145 e. The summed E-state index contributed by atoms with van der Waals surface area (Å²) in [6, 6.07) is 74.7. The highest BCUT2D eigenvalue weighted by molar-refractivity contribution is 6.18. The lowest BCUT2D eigenvalue weighted by molar-refractivity contribution is 0.660. The molecule has 0 unspecified atom stereocenters. The van der Waals surface area contributed by atoms with Crippen LogP contribution in [0.5, 0.6) is 0 Å². The molecule has 0 radical (unpaired) electrons. The third-order valence-corrected chi connectivity index (χ3v) is 12.8. The molecular weight excluding hydrogens is 729 g/mol. The Balaban J connectivity index is 1.07. The van der Waals surface area contributed by atoms with Gasteiger partial charge in [-0.3, -0.25) is 0 Å². The molecule has 0 amide bonds. The Hall–Kier alpha value is -7.62. The summed E-state index contributed by atoms with van der Waals surface area (Å²) in [5, 5.41) is 4.68. The maximum atomic E-state index is 6.83. The summed E-state index contributed by atoms with van der Waals surface area (Å²) in [6.07, 6.45) is 0. The first-order chi connectivity index (χ1) is 29.5. The second-order valence-corrected chi connectivity index (χ2v) is 16.5. The lowest BCUT2D eigenvalue weighted by Crippen LogP contribution is -2.16. The van der Waals surface area contributed by atoms with Gasteiger partial charge in [0.1, 0.15) is 11.2 Å². The number of anilines is 3. The van der Waals surface area contributed by atoms with E-state index in [1.165, 1.54) is 55.2 Å². The molecular formula is C57H40N2O. The van der Waals surface area contributed by atoms with E-state index in [1.807, 2.05) is 0 Å². The minimum absolute atomic E-state index is 0.144. The SMILES string of the molecule is CC1(C)c2ccccc2-c2c(N(c3ccc(-c4ccc5c(c4)c4ccccc4n5-c4ccccc4)cc3)c3ccc(-c4ccccc4)c4oc5ccccc5c34)cccc21.